The zero-order chi connectivity index (χ0) is 16.1. The van der Waals surface area contributed by atoms with E-state index >= 15 is 0 Å². The molecule has 0 rings (SSSR count). The number of carbonyl (C=O) groups excluding carboxylic acids is 2. The summed E-state index contributed by atoms with van der Waals surface area (Å²) in [6.45, 7) is 0. The molecule has 114 valence electrons. The zero-order valence-electron chi connectivity index (χ0n) is 12.1. The molecule has 0 fully saturated rings. The first kappa shape index (κ1) is 26.7. The van der Waals surface area contributed by atoms with Crippen molar-refractivity contribution in [3.8, 4) is 0 Å². The Morgan fingerprint density at radius 1 is 0.682 bits per heavy atom. The molecule has 12 heteroatoms. The first-order valence-electron chi connectivity index (χ1n) is 5.20. The summed E-state index contributed by atoms with van der Waals surface area (Å²) in [5.74, 6) is -7.52. The van der Waals surface area contributed by atoms with Gasteiger partial charge < -0.3 is 40.2 Å². The van der Waals surface area contributed by atoms with E-state index < -0.39 is 60.8 Å². The summed E-state index contributed by atoms with van der Waals surface area (Å²) in [7, 11) is 0. The smallest absolute Gasteiger partial charge is 0.550 e. The normalized spacial score (nSPS) is 10.8. The van der Waals surface area contributed by atoms with Crippen molar-refractivity contribution in [2.45, 2.75) is 36.9 Å². The standard InChI is InChI=1S/C10H14O10.2Na/c11-5(12)1-9(19,2-6(13)14)10(20,3-7(15)16)4-8(17)18;;/h19-20H,1-4H2,(H,11,12)(H,13,14)(H,15,16)(H,17,18);;/q;2*+1/p-2. The second-order valence-electron chi connectivity index (χ2n) is 4.30. The molecule has 4 N–H and O–H groups in total. The first-order chi connectivity index (χ1) is 8.92. The largest absolute Gasteiger partial charge is 1.00 e. The van der Waals surface area contributed by atoms with E-state index in [2.05, 4.69) is 0 Å². The van der Waals surface area contributed by atoms with Gasteiger partial charge in [0.15, 0.2) is 0 Å². The third-order valence-corrected chi connectivity index (χ3v) is 2.63. The fraction of sp³-hybridized carbons (Fsp3) is 0.600. The molecule has 0 saturated heterocycles. The van der Waals surface area contributed by atoms with Crippen molar-refractivity contribution in [3.63, 3.8) is 0 Å². The molecule has 0 bridgehead atoms. The van der Waals surface area contributed by atoms with E-state index in [0.29, 0.717) is 0 Å². The fourth-order valence-corrected chi connectivity index (χ4v) is 1.76. The topological polar surface area (TPSA) is 195 Å². The Morgan fingerprint density at radius 3 is 1.09 bits per heavy atom. The number of hydrogen-bond acceptors (Lipinski definition) is 8. The number of aliphatic carboxylic acids is 4. The van der Waals surface area contributed by atoms with E-state index in [-0.39, 0.29) is 59.1 Å². The van der Waals surface area contributed by atoms with Crippen molar-refractivity contribution >= 4 is 23.9 Å². The number of rotatable bonds is 9. The molecule has 0 spiro atoms. The summed E-state index contributed by atoms with van der Waals surface area (Å²) in [6, 6.07) is 0. The van der Waals surface area contributed by atoms with Crippen LogP contribution in [-0.2, 0) is 19.2 Å². The van der Waals surface area contributed by atoms with E-state index in [1.165, 1.54) is 0 Å². The van der Waals surface area contributed by atoms with E-state index in [1.807, 2.05) is 0 Å². The molecular formula is C10H12Na2O10. The molecule has 0 aromatic carbocycles. The van der Waals surface area contributed by atoms with Crippen LogP contribution >= 0.6 is 0 Å². The Hall–Kier alpha value is -0.200. The van der Waals surface area contributed by atoms with Crippen LogP contribution in [0.4, 0.5) is 0 Å². The molecule has 0 atom stereocenters. The van der Waals surface area contributed by atoms with Crippen molar-refractivity contribution < 1.29 is 109 Å². The van der Waals surface area contributed by atoms with Gasteiger partial charge >= 0.3 is 71.1 Å². The van der Waals surface area contributed by atoms with Gasteiger partial charge in [-0.2, -0.15) is 0 Å². The second kappa shape index (κ2) is 10.6. The minimum absolute atomic E-state index is 0. The molecule has 0 aliphatic heterocycles. The van der Waals surface area contributed by atoms with Crippen LogP contribution in [0.3, 0.4) is 0 Å². The third-order valence-electron chi connectivity index (χ3n) is 2.63. The summed E-state index contributed by atoms with van der Waals surface area (Å²) >= 11 is 0. The van der Waals surface area contributed by atoms with Gasteiger partial charge in [0.2, 0.25) is 0 Å². The van der Waals surface area contributed by atoms with Gasteiger partial charge in [-0.15, -0.1) is 0 Å². The molecule has 0 amide bonds. The van der Waals surface area contributed by atoms with E-state index in [4.69, 9.17) is 10.2 Å². The molecule has 22 heavy (non-hydrogen) atoms. The fourth-order valence-electron chi connectivity index (χ4n) is 1.76. The summed E-state index contributed by atoms with van der Waals surface area (Å²) < 4.78 is 0. The number of carbonyl (C=O) groups is 4. The van der Waals surface area contributed by atoms with Gasteiger partial charge in [-0.25, -0.2) is 0 Å². The molecule has 0 aliphatic carbocycles. The minimum Gasteiger partial charge on any atom is -0.550 e. The quantitative estimate of drug-likeness (QED) is 0.293. The van der Waals surface area contributed by atoms with Crippen LogP contribution in [0.5, 0.6) is 0 Å². The number of carboxylic acids is 4. The second-order valence-corrected chi connectivity index (χ2v) is 4.30. The maximum atomic E-state index is 10.6. The first-order valence-corrected chi connectivity index (χ1v) is 5.20. The molecule has 0 aromatic rings. The average molecular weight is 338 g/mol. The Morgan fingerprint density at radius 2 is 0.909 bits per heavy atom. The maximum absolute atomic E-state index is 10.6. The van der Waals surface area contributed by atoms with Crippen molar-refractivity contribution in [3.05, 3.63) is 0 Å². The van der Waals surface area contributed by atoms with Gasteiger partial charge in [-0.3, -0.25) is 9.59 Å². The van der Waals surface area contributed by atoms with Gasteiger partial charge in [0.05, 0.1) is 12.8 Å². The Bertz CT molecular complexity index is 363. The predicted octanol–water partition coefficient (Wildman–Crippen LogP) is -10.3. The molecule has 0 heterocycles. The molecule has 0 unspecified atom stereocenters. The van der Waals surface area contributed by atoms with Crippen molar-refractivity contribution in [2.75, 3.05) is 0 Å². The third kappa shape index (κ3) is 8.44. The number of aliphatic hydroxyl groups is 2. The minimum atomic E-state index is -3.07. The summed E-state index contributed by atoms with van der Waals surface area (Å²) in [4.78, 5) is 42.3. The SMILES string of the molecule is O=C([O-])CC(O)(CC(=O)[O-])C(O)(CC(=O)O)CC(=O)O.[Na+].[Na+]. The van der Waals surface area contributed by atoms with Gasteiger partial charge in [-0.1, -0.05) is 0 Å². The molecule has 0 saturated carbocycles. The van der Waals surface area contributed by atoms with E-state index in [0.717, 1.165) is 0 Å². The van der Waals surface area contributed by atoms with Crippen molar-refractivity contribution in [1.82, 2.24) is 0 Å². The van der Waals surface area contributed by atoms with Crippen LogP contribution < -0.4 is 69.3 Å². The van der Waals surface area contributed by atoms with Crippen molar-refractivity contribution in [2.24, 2.45) is 0 Å². The van der Waals surface area contributed by atoms with Gasteiger partial charge in [0.1, 0.15) is 11.2 Å². The van der Waals surface area contributed by atoms with Gasteiger partial charge in [0.25, 0.3) is 0 Å². The monoisotopic (exact) mass is 338 g/mol. The Kier molecular flexibility index (Phi) is 12.8. The zero-order valence-corrected chi connectivity index (χ0v) is 16.1. The Balaban J connectivity index is -0.00000180. The van der Waals surface area contributed by atoms with Crippen LogP contribution in [-0.4, -0.2) is 55.5 Å². The molecular weight excluding hydrogens is 326 g/mol. The Labute approximate surface area is 168 Å². The summed E-state index contributed by atoms with van der Waals surface area (Å²) in [5.41, 5.74) is -6.09. The van der Waals surface area contributed by atoms with Crippen LogP contribution in [0.15, 0.2) is 0 Å². The summed E-state index contributed by atoms with van der Waals surface area (Å²) in [5, 5.41) is 58.2. The van der Waals surface area contributed by atoms with E-state index in [1.54, 1.807) is 0 Å². The molecule has 0 radical (unpaired) electrons. The summed E-state index contributed by atoms with van der Waals surface area (Å²) in [6.07, 6.45) is -5.71. The number of hydrogen-bond donors (Lipinski definition) is 4. The average Bonchev–Trinajstić information content (AvgIpc) is 2.10. The number of carboxylic acid groups (broad SMARTS) is 4. The van der Waals surface area contributed by atoms with Crippen molar-refractivity contribution in [1.29, 1.82) is 0 Å². The van der Waals surface area contributed by atoms with Crippen LogP contribution in [0.25, 0.3) is 0 Å². The van der Waals surface area contributed by atoms with Gasteiger partial charge in [0, 0.05) is 24.8 Å². The maximum Gasteiger partial charge on any atom is 1.00 e. The van der Waals surface area contributed by atoms with Crippen LogP contribution in [0.1, 0.15) is 25.7 Å². The molecule has 10 nitrogen and oxygen atoms in total. The van der Waals surface area contributed by atoms with Crippen LogP contribution in [0, 0.1) is 0 Å². The van der Waals surface area contributed by atoms with E-state index in [9.17, 15) is 39.6 Å². The molecule has 0 aromatic heterocycles. The van der Waals surface area contributed by atoms with Crippen LogP contribution in [0.2, 0.25) is 0 Å². The van der Waals surface area contributed by atoms with Gasteiger partial charge in [-0.05, 0) is 0 Å². The predicted molar refractivity (Wildman–Crippen MR) is 53.7 cm³/mol. The molecule has 0 aliphatic rings.